The molecule has 0 aliphatic carbocycles. The molecule has 0 spiro atoms. The number of amides is 1. The van der Waals surface area contributed by atoms with Gasteiger partial charge in [0.2, 0.25) is 0 Å². The Bertz CT molecular complexity index is 317. The van der Waals surface area contributed by atoms with E-state index in [1.54, 1.807) is 12.0 Å². The SMILES string of the molecule is COC1CC(C#N)CN(C(=O)OC(C)(C)C)C1. The number of hydrogen-bond acceptors (Lipinski definition) is 4. The van der Waals surface area contributed by atoms with E-state index in [2.05, 4.69) is 6.07 Å². The topological polar surface area (TPSA) is 62.6 Å². The largest absolute Gasteiger partial charge is 0.444 e. The normalized spacial score (nSPS) is 25.2. The van der Waals surface area contributed by atoms with Crippen molar-refractivity contribution in [3.05, 3.63) is 0 Å². The second kappa shape index (κ2) is 5.37. The van der Waals surface area contributed by atoms with Crippen LogP contribution in [0.2, 0.25) is 0 Å². The van der Waals surface area contributed by atoms with Gasteiger partial charge in [0.15, 0.2) is 0 Å². The Morgan fingerprint density at radius 1 is 1.41 bits per heavy atom. The first-order chi connectivity index (χ1) is 7.85. The number of methoxy groups -OCH3 is 1. The molecular weight excluding hydrogens is 220 g/mol. The van der Waals surface area contributed by atoms with Crippen molar-refractivity contribution in [2.24, 2.45) is 5.92 Å². The third-order valence-corrected chi connectivity index (χ3v) is 2.58. The third kappa shape index (κ3) is 4.23. The minimum atomic E-state index is -0.515. The van der Waals surface area contributed by atoms with Crippen molar-refractivity contribution in [2.45, 2.75) is 38.9 Å². The van der Waals surface area contributed by atoms with Gasteiger partial charge in [0, 0.05) is 13.7 Å². The van der Waals surface area contributed by atoms with Gasteiger partial charge in [0.05, 0.1) is 24.6 Å². The van der Waals surface area contributed by atoms with Gasteiger partial charge < -0.3 is 14.4 Å². The first kappa shape index (κ1) is 13.8. The summed E-state index contributed by atoms with van der Waals surface area (Å²) in [6, 6.07) is 2.19. The van der Waals surface area contributed by atoms with Crippen LogP contribution in [-0.2, 0) is 9.47 Å². The van der Waals surface area contributed by atoms with Crippen molar-refractivity contribution in [2.75, 3.05) is 20.2 Å². The highest BCUT2D eigenvalue weighted by molar-refractivity contribution is 5.68. The lowest BCUT2D eigenvalue weighted by Gasteiger charge is -2.35. The molecule has 0 N–H and O–H groups in total. The van der Waals surface area contributed by atoms with Gasteiger partial charge in [-0.15, -0.1) is 0 Å². The summed E-state index contributed by atoms with van der Waals surface area (Å²) in [7, 11) is 1.59. The summed E-state index contributed by atoms with van der Waals surface area (Å²) >= 11 is 0. The Labute approximate surface area is 102 Å². The number of carbonyl (C=O) groups is 1. The Hall–Kier alpha value is -1.28. The molecule has 0 bridgehead atoms. The summed E-state index contributed by atoms with van der Waals surface area (Å²) in [5.41, 5.74) is -0.515. The fourth-order valence-corrected chi connectivity index (χ4v) is 1.79. The zero-order valence-corrected chi connectivity index (χ0v) is 10.9. The average molecular weight is 240 g/mol. The Balaban J connectivity index is 2.63. The summed E-state index contributed by atoms with van der Waals surface area (Å²) in [5.74, 6) is -0.179. The van der Waals surface area contributed by atoms with Crippen LogP contribution < -0.4 is 0 Å². The average Bonchev–Trinajstić information content (AvgIpc) is 2.26. The van der Waals surface area contributed by atoms with E-state index in [4.69, 9.17) is 14.7 Å². The predicted octanol–water partition coefficient (Wildman–Crippen LogP) is 1.78. The van der Waals surface area contributed by atoms with E-state index >= 15 is 0 Å². The molecule has 5 nitrogen and oxygen atoms in total. The Kier molecular flexibility index (Phi) is 4.35. The van der Waals surface area contributed by atoms with Gasteiger partial charge in [0.25, 0.3) is 0 Å². The van der Waals surface area contributed by atoms with Crippen molar-refractivity contribution in [3.8, 4) is 6.07 Å². The molecular formula is C12H20N2O3. The minimum absolute atomic E-state index is 0.0825. The summed E-state index contributed by atoms with van der Waals surface area (Å²) in [6.45, 7) is 6.38. The molecule has 1 rings (SSSR count). The van der Waals surface area contributed by atoms with Crippen molar-refractivity contribution < 1.29 is 14.3 Å². The highest BCUT2D eigenvalue weighted by Crippen LogP contribution is 2.20. The van der Waals surface area contributed by atoms with Crippen LogP contribution >= 0.6 is 0 Å². The molecule has 2 unspecified atom stereocenters. The number of ether oxygens (including phenoxy) is 2. The van der Waals surface area contributed by atoms with Crippen LogP contribution in [0.4, 0.5) is 4.79 Å². The van der Waals surface area contributed by atoms with E-state index in [1.807, 2.05) is 20.8 Å². The molecule has 96 valence electrons. The van der Waals surface area contributed by atoms with E-state index in [0.29, 0.717) is 19.5 Å². The van der Waals surface area contributed by atoms with E-state index in [9.17, 15) is 4.79 Å². The summed E-state index contributed by atoms with van der Waals surface area (Å²) in [6.07, 6.45) is 0.215. The maximum absolute atomic E-state index is 11.9. The maximum atomic E-state index is 11.9. The molecule has 1 aliphatic rings. The second-order valence-electron chi connectivity index (χ2n) is 5.30. The molecule has 1 saturated heterocycles. The number of hydrogen-bond donors (Lipinski definition) is 0. The molecule has 17 heavy (non-hydrogen) atoms. The minimum Gasteiger partial charge on any atom is -0.444 e. The van der Waals surface area contributed by atoms with Crippen LogP contribution in [0, 0.1) is 17.2 Å². The fourth-order valence-electron chi connectivity index (χ4n) is 1.79. The lowest BCUT2D eigenvalue weighted by atomic mass is 9.98. The lowest BCUT2D eigenvalue weighted by Crippen LogP contribution is -2.48. The standard InChI is InChI=1S/C12H20N2O3/c1-12(2,3)17-11(15)14-7-9(6-13)5-10(8-14)16-4/h9-10H,5,7-8H2,1-4H3. The highest BCUT2D eigenvalue weighted by atomic mass is 16.6. The third-order valence-electron chi connectivity index (χ3n) is 2.58. The van der Waals surface area contributed by atoms with E-state index in [0.717, 1.165) is 0 Å². The first-order valence-electron chi connectivity index (χ1n) is 5.76. The molecule has 1 aliphatic heterocycles. The van der Waals surface area contributed by atoms with Crippen LogP contribution in [0.3, 0.4) is 0 Å². The van der Waals surface area contributed by atoms with Crippen LogP contribution in [0.1, 0.15) is 27.2 Å². The van der Waals surface area contributed by atoms with Gasteiger partial charge >= 0.3 is 6.09 Å². The number of rotatable bonds is 1. The molecule has 1 amide bonds. The van der Waals surface area contributed by atoms with Crippen molar-refractivity contribution >= 4 is 6.09 Å². The van der Waals surface area contributed by atoms with Crippen LogP contribution in [0.5, 0.6) is 0 Å². The van der Waals surface area contributed by atoms with Gasteiger partial charge in [-0.05, 0) is 27.2 Å². The molecule has 0 saturated carbocycles. The first-order valence-corrected chi connectivity index (χ1v) is 5.76. The number of piperidine rings is 1. The molecule has 5 heteroatoms. The second-order valence-corrected chi connectivity index (χ2v) is 5.30. The highest BCUT2D eigenvalue weighted by Gasteiger charge is 2.32. The Morgan fingerprint density at radius 2 is 2.06 bits per heavy atom. The van der Waals surface area contributed by atoms with Gasteiger partial charge in [-0.2, -0.15) is 5.26 Å². The van der Waals surface area contributed by atoms with Gasteiger partial charge in [0.1, 0.15) is 5.60 Å². The van der Waals surface area contributed by atoms with Crippen LogP contribution in [-0.4, -0.2) is 42.9 Å². The number of likely N-dealkylation sites (tertiary alicyclic amines) is 1. The maximum Gasteiger partial charge on any atom is 0.410 e. The lowest BCUT2D eigenvalue weighted by molar-refractivity contribution is -0.0134. The van der Waals surface area contributed by atoms with Crippen molar-refractivity contribution in [1.29, 1.82) is 5.26 Å². The zero-order valence-electron chi connectivity index (χ0n) is 10.9. The fraction of sp³-hybridized carbons (Fsp3) is 0.833. The monoisotopic (exact) mass is 240 g/mol. The summed E-state index contributed by atoms with van der Waals surface area (Å²) in [5, 5.41) is 8.95. The zero-order chi connectivity index (χ0) is 13.1. The molecule has 1 heterocycles. The molecule has 1 fully saturated rings. The molecule has 0 aromatic rings. The predicted molar refractivity (Wildman–Crippen MR) is 62.3 cm³/mol. The van der Waals surface area contributed by atoms with Crippen molar-refractivity contribution in [3.63, 3.8) is 0 Å². The van der Waals surface area contributed by atoms with E-state index in [-0.39, 0.29) is 18.1 Å². The summed E-state index contributed by atoms with van der Waals surface area (Å²) in [4.78, 5) is 13.4. The number of carbonyl (C=O) groups excluding carboxylic acids is 1. The van der Waals surface area contributed by atoms with Crippen molar-refractivity contribution in [1.82, 2.24) is 4.90 Å². The van der Waals surface area contributed by atoms with E-state index in [1.165, 1.54) is 0 Å². The molecule has 0 aromatic carbocycles. The number of nitrogens with zero attached hydrogens (tertiary/aromatic N) is 2. The summed E-state index contributed by atoms with van der Waals surface area (Å²) < 4.78 is 10.5. The Morgan fingerprint density at radius 3 is 2.53 bits per heavy atom. The smallest absolute Gasteiger partial charge is 0.410 e. The van der Waals surface area contributed by atoms with Gasteiger partial charge in [-0.3, -0.25) is 0 Å². The molecule has 0 radical (unpaired) electrons. The van der Waals surface area contributed by atoms with Gasteiger partial charge in [-0.1, -0.05) is 0 Å². The number of nitriles is 1. The molecule has 2 atom stereocenters. The van der Waals surface area contributed by atoms with E-state index < -0.39 is 5.60 Å². The molecule has 0 aromatic heterocycles. The van der Waals surface area contributed by atoms with Gasteiger partial charge in [-0.25, -0.2) is 4.79 Å². The van der Waals surface area contributed by atoms with Crippen LogP contribution in [0.25, 0.3) is 0 Å². The van der Waals surface area contributed by atoms with Crippen LogP contribution in [0.15, 0.2) is 0 Å². The quantitative estimate of drug-likeness (QED) is 0.701.